The predicted octanol–water partition coefficient (Wildman–Crippen LogP) is 5.85. The van der Waals surface area contributed by atoms with Crippen LogP contribution in [0.2, 0.25) is 5.02 Å². The third kappa shape index (κ3) is 6.62. The first-order valence-corrected chi connectivity index (χ1v) is 14.7. The van der Waals surface area contributed by atoms with E-state index in [0.717, 1.165) is 61.0 Å². The van der Waals surface area contributed by atoms with E-state index in [4.69, 9.17) is 16.3 Å². The molecule has 3 aromatic rings. The van der Waals surface area contributed by atoms with Crippen molar-refractivity contribution in [3.63, 3.8) is 0 Å². The molecule has 40 heavy (non-hydrogen) atoms. The molecule has 0 radical (unpaired) electrons. The predicted molar refractivity (Wildman–Crippen MR) is 153 cm³/mol. The van der Waals surface area contributed by atoms with Gasteiger partial charge in [-0.1, -0.05) is 22.9 Å². The van der Waals surface area contributed by atoms with Gasteiger partial charge in [0.15, 0.2) is 0 Å². The largest absolute Gasteiger partial charge is 0.492 e. The van der Waals surface area contributed by atoms with Crippen molar-refractivity contribution in [3.8, 4) is 16.3 Å². The average Bonchev–Trinajstić information content (AvgIpc) is 3.61. The van der Waals surface area contributed by atoms with Gasteiger partial charge in [-0.25, -0.2) is 4.39 Å². The van der Waals surface area contributed by atoms with Gasteiger partial charge in [0.05, 0.1) is 11.5 Å². The molecule has 5 rings (SSSR count). The number of likely N-dealkylation sites (tertiary alicyclic amines) is 1. The molecular formula is C29H32ClFN4O4S. The maximum Gasteiger partial charge on any atom is 0.306 e. The summed E-state index contributed by atoms with van der Waals surface area (Å²) in [6.07, 6.45) is 3.40. The number of amides is 1. The number of carboxylic acid groups (broad SMARTS) is 1. The Bertz CT molecular complexity index is 1380. The quantitative estimate of drug-likeness (QED) is 0.318. The van der Waals surface area contributed by atoms with Gasteiger partial charge in [-0.05, 0) is 100.0 Å². The van der Waals surface area contributed by atoms with Crippen molar-refractivity contribution in [2.75, 3.05) is 37.7 Å². The van der Waals surface area contributed by atoms with Crippen LogP contribution < -0.4 is 9.64 Å². The monoisotopic (exact) mass is 586 g/mol. The van der Waals surface area contributed by atoms with Gasteiger partial charge in [0, 0.05) is 23.7 Å². The topological polar surface area (TPSA) is 95.9 Å². The smallest absolute Gasteiger partial charge is 0.306 e. The molecule has 1 aliphatic carbocycles. The molecule has 1 saturated carbocycles. The van der Waals surface area contributed by atoms with Crippen LogP contribution in [-0.4, -0.2) is 64.9 Å². The van der Waals surface area contributed by atoms with E-state index in [1.807, 2.05) is 26.0 Å². The Labute approximate surface area is 241 Å². The second kappa shape index (κ2) is 12.2. The molecule has 2 heterocycles. The van der Waals surface area contributed by atoms with Gasteiger partial charge >= 0.3 is 5.97 Å². The number of anilines is 1. The number of ether oxygens (including phenoxy) is 1. The van der Waals surface area contributed by atoms with Crippen LogP contribution in [0.4, 0.5) is 9.52 Å². The van der Waals surface area contributed by atoms with Crippen LogP contribution in [0.25, 0.3) is 10.6 Å². The van der Waals surface area contributed by atoms with Crippen LogP contribution in [0.5, 0.6) is 5.75 Å². The number of carboxylic acids is 1. The van der Waals surface area contributed by atoms with Crippen molar-refractivity contribution < 1.29 is 23.8 Å². The fraction of sp³-hybridized carbons (Fsp3) is 0.448. The van der Waals surface area contributed by atoms with Crippen molar-refractivity contribution in [2.24, 2.45) is 11.8 Å². The molecule has 2 aromatic carbocycles. The molecule has 1 saturated heterocycles. The summed E-state index contributed by atoms with van der Waals surface area (Å²) in [4.78, 5) is 28.3. The van der Waals surface area contributed by atoms with Crippen LogP contribution >= 0.6 is 22.9 Å². The molecule has 11 heteroatoms. The summed E-state index contributed by atoms with van der Waals surface area (Å²) >= 11 is 7.19. The Kier molecular flexibility index (Phi) is 8.68. The number of halogens is 2. The first-order valence-electron chi connectivity index (χ1n) is 13.5. The third-order valence-corrected chi connectivity index (χ3v) is 8.72. The normalized spacial score (nSPS) is 16.2. The molecule has 1 amide bonds. The number of nitrogens with zero attached hydrogens (tertiary/aromatic N) is 4. The molecule has 212 valence electrons. The Morgan fingerprint density at radius 1 is 1.12 bits per heavy atom. The fourth-order valence-corrected chi connectivity index (χ4v) is 6.04. The third-order valence-electron chi connectivity index (χ3n) is 7.49. The number of carbonyl (C=O) groups is 2. The molecule has 1 N–H and O–H groups in total. The van der Waals surface area contributed by atoms with Crippen molar-refractivity contribution in [1.82, 2.24) is 15.1 Å². The van der Waals surface area contributed by atoms with Crippen LogP contribution in [0, 0.1) is 31.5 Å². The summed E-state index contributed by atoms with van der Waals surface area (Å²) < 4.78 is 20.7. The molecule has 0 atom stereocenters. The van der Waals surface area contributed by atoms with Crippen LogP contribution in [0.3, 0.4) is 0 Å². The number of aromatic nitrogens is 2. The van der Waals surface area contributed by atoms with Crippen LogP contribution in [0.1, 0.15) is 47.2 Å². The molecule has 2 fully saturated rings. The van der Waals surface area contributed by atoms with Crippen molar-refractivity contribution in [1.29, 1.82) is 0 Å². The highest BCUT2D eigenvalue weighted by atomic mass is 35.5. The minimum Gasteiger partial charge on any atom is -0.492 e. The number of rotatable bonds is 10. The number of hydrogen-bond acceptors (Lipinski definition) is 7. The summed E-state index contributed by atoms with van der Waals surface area (Å²) in [6, 6.07) is 8.06. The summed E-state index contributed by atoms with van der Waals surface area (Å²) in [5.74, 6) is -0.870. The van der Waals surface area contributed by atoms with Gasteiger partial charge in [0.1, 0.15) is 23.2 Å². The first kappa shape index (κ1) is 28.4. The maximum atomic E-state index is 14.6. The lowest BCUT2D eigenvalue weighted by Gasteiger charge is -2.30. The van der Waals surface area contributed by atoms with Gasteiger partial charge in [-0.15, -0.1) is 10.2 Å². The summed E-state index contributed by atoms with van der Waals surface area (Å²) in [6.45, 7) is 7.22. The highest BCUT2D eigenvalue weighted by Crippen LogP contribution is 2.37. The molecule has 0 spiro atoms. The standard InChI is InChI=1S/C29H32ClFN4O4S/c1-17-13-21(14-18(2)25(17)39-12-11-34-9-7-20(8-10-34)28(37)38)26-32-33-29(40-26)35(16-19-3-4-19)27(36)23-6-5-22(30)15-24(23)31/h5-6,13-15,19-20H,3-4,7-12,16H2,1-2H3,(H,37,38). The summed E-state index contributed by atoms with van der Waals surface area (Å²) in [5, 5.41) is 19.2. The number of aliphatic carboxylic acids is 1. The zero-order valence-corrected chi connectivity index (χ0v) is 24.1. The molecule has 0 bridgehead atoms. The van der Waals surface area contributed by atoms with E-state index in [9.17, 15) is 19.1 Å². The number of hydrogen-bond donors (Lipinski definition) is 1. The summed E-state index contributed by atoms with van der Waals surface area (Å²) in [7, 11) is 0. The Morgan fingerprint density at radius 3 is 2.45 bits per heavy atom. The molecule has 1 aliphatic heterocycles. The van der Waals surface area contributed by atoms with Crippen molar-refractivity contribution in [2.45, 2.75) is 39.5 Å². The van der Waals surface area contributed by atoms with E-state index in [1.165, 1.54) is 28.4 Å². The average molecular weight is 587 g/mol. The number of benzene rings is 2. The highest BCUT2D eigenvalue weighted by molar-refractivity contribution is 7.18. The SMILES string of the molecule is Cc1cc(-c2nnc(N(CC3CC3)C(=O)c3ccc(Cl)cc3F)s2)cc(C)c1OCCN1CCC(C(=O)O)CC1. The molecule has 0 unspecified atom stereocenters. The molecule has 8 nitrogen and oxygen atoms in total. The Morgan fingerprint density at radius 2 is 1.82 bits per heavy atom. The lowest BCUT2D eigenvalue weighted by Crippen LogP contribution is -2.38. The minimum absolute atomic E-state index is 0.0405. The number of piperidine rings is 1. The number of aryl methyl sites for hydroxylation is 2. The number of carbonyl (C=O) groups excluding carboxylic acids is 1. The zero-order valence-electron chi connectivity index (χ0n) is 22.5. The van der Waals surface area contributed by atoms with Crippen LogP contribution in [-0.2, 0) is 4.79 Å². The highest BCUT2D eigenvalue weighted by Gasteiger charge is 2.31. The van der Waals surface area contributed by atoms with Gasteiger partial charge < -0.3 is 9.84 Å². The van der Waals surface area contributed by atoms with Gasteiger partial charge in [0.25, 0.3) is 5.91 Å². The molecule has 2 aliphatic rings. The fourth-order valence-electron chi connectivity index (χ4n) is 5.04. The maximum absolute atomic E-state index is 14.6. The Balaban J connectivity index is 1.27. The molecule has 1 aromatic heterocycles. The first-order chi connectivity index (χ1) is 19.2. The van der Waals surface area contributed by atoms with Gasteiger partial charge in [-0.2, -0.15) is 0 Å². The second-order valence-corrected chi connectivity index (χ2v) is 12.0. The van der Waals surface area contributed by atoms with E-state index in [2.05, 4.69) is 15.1 Å². The van der Waals surface area contributed by atoms with E-state index < -0.39 is 17.7 Å². The van der Waals surface area contributed by atoms with Crippen LogP contribution in [0.15, 0.2) is 30.3 Å². The lowest BCUT2D eigenvalue weighted by molar-refractivity contribution is -0.143. The van der Waals surface area contributed by atoms with Gasteiger partial charge in [-0.3, -0.25) is 19.4 Å². The molecular weight excluding hydrogens is 555 g/mol. The van der Waals surface area contributed by atoms with E-state index in [0.29, 0.717) is 42.1 Å². The van der Waals surface area contributed by atoms with E-state index in [-0.39, 0.29) is 16.5 Å². The zero-order chi connectivity index (χ0) is 28.4. The summed E-state index contributed by atoms with van der Waals surface area (Å²) in [5.41, 5.74) is 2.76. The van der Waals surface area contributed by atoms with Crippen molar-refractivity contribution in [3.05, 3.63) is 57.9 Å². The van der Waals surface area contributed by atoms with E-state index >= 15 is 0 Å². The second-order valence-electron chi connectivity index (χ2n) is 10.6. The van der Waals surface area contributed by atoms with Gasteiger partial charge in [0.2, 0.25) is 5.13 Å². The minimum atomic E-state index is -0.706. The Hall–Kier alpha value is -3.08. The van der Waals surface area contributed by atoms with Crippen molar-refractivity contribution >= 4 is 39.9 Å². The lowest BCUT2D eigenvalue weighted by atomic mass is 9.97. The van der Waals surface area contributed by atoms with E-state index in [1.54, 1.807) is 0 Å².